The molecule has 1 saturated heterocycles. The maximum atomic E-state index is 12.2. The molecule has 1 aliphatic heterocycles. The number of ether oxygens (including phenoxy) is 2. The average Bonchev–Trinajstić information content (AvgIpc) is 3.32. The van der Waals surface area contributed by atoms with Crippen LogP contribution < -0.4 is 15.4 Å². The molecule has 0 spiro atoms. The first-order valence-electron chi connectivity index (χ1n) is 8.35. The van der Waals surface area contributed by atoms with Gasteiger partial charge in [-0.05, 0) is 31.0 Å². The van der Waals surface area contributed by atoms with Gasteiger partial charge < -0.3 is 20.1 Å². The molecular formula is C16H17ClF2N4O3S2. The fraction of sp³-hybridized carbons (Fsp3) is 0.438. The van der Waals surface area contributed by atoms with Crippen molar-refractivity contribution >= 4 is 51.4 Å². The Kier molecular flexibility index (Phi) is 7.65. The number of nitrogens with zero attached hydrogens (tertiary/aromatic N) is 2. The van der Waals surface area contributed by atoms with Gasteiger partial charge in [0.05, 0.1) is 16.9 Å². The van der Waals surface area contributed by atoms with E-state index in [-0.39, 0.29) is 28.5 Å². The molecule has 0 bridgehead atoms. The Morgan fingerprint density at radius 2 is 2.32 bits per heavy atom. The highest BCUT2D eigenvalue weighted by molar-refractivity contribution is 8.01. The lowest BCUT2D eigenvalue weighted by Crippen LogP contribution is -2.18. The van der Waals surface area contributed by atoms with Crippen LogP contribution in [-0.2, 0) is 9.53 Å². The van der Waals surface area contributed by atoms with Gasteiger partial charge in [0, 0.05) is 18.8 Å². The van der Waals surface area contributed by atoms with Gasteiger partial charge in [0.2, 0.25) is 11.0 Å². The van der Waals surface area contributed by atoms with Crippen molar-refractivity contribution in [2.75, 3.05) is 29.5 Å². The van der Waals surface area contributed by atoms with Crippen LogP contribution in [0.1, 0.15) is 12.8 Å². The highest BCUT2D eigenvalue weighted by Crippen LogP contribution is 2.30. The average molecular weight is 451 g/mol. The number of rotatable bonds is 9. The number of alkyl halides is 2. The third-order valence-electron chi connectivity index (χ3n) is 3.67. The van der Waals surface area contributed by atoms with E-state index in [9.17, 15) is 13.6 Å². The van der Waals surface area contributed by atoms with Crippen molar-refractivity contribution in [3.63, 3.8) is 0 Å². The van der Waals surface area contributed by atoms with Gasteiger partial charge in [-0.1, -0.05) is 34.7 Å². The molecule has 0 saturated carbocycles. The summed E-state index contributed by atoms with van der Waals surface area (Å²) < 4.78 is 34.9. The van der Waals surface area contributed by atoms with Crippen molar-refractivity contribution in [2.24, 2.45) is 0 Å². The third kappa shape index (κ3) is 6.43. The molecule has 7 nitrogen and oxygen atoms in total. The number of hydrogen-bond donors (Lipinski definition) is 2. The maximum Gasteiger partial charge on any atom is 0.387 e. The van der Waals surface area contributed by atoms with Crippen LogP contribution in [0.4, 0.5) is 19.6 Å². The number of benzene rings is 1. The van der Waals surface area contributed by atoms with Gasteiger partial charge in [0.25, 0.3) is 0 Å². The Balaban J connectivity index is 1.43. The van der Waals surface area contributed by atoms with Crippen LogP contribution in [0.2, 0.25) is 5.02 Å². The lowest BCUT2D eigenvalue weighted by molar-refractivity contribution is -0.113. The Morgan fingerprint density at radius 1 is 1.46 bits per heavy atom. The summed E-state index contributed by atoms with van der Waals surface area (Å²) in [6, 6.07) is 4.05. The molecule has 1 aromatic carbocycles. The molecule has 28 heavy (non-hydrogen) atoms. The van der Waals surface area contributed by atoms with Crippen LogP contribution in [-0.4, -0.2) is 47.7 Å². The molecule has 3 rings (SSSR count). The van der Waals surface area contributed by atoms with Crippen molar-refractivity contribution in [3.05, 3.63) is 23.2 Å². The van der Waals surface area contributed by atoms with Crippen LogP contribution in [0.15, 0.2) is 22.5 Å². The minimum atomic E-state index is -2.97. The molecule has 12 heteroatoms. The molecule has 0 radical (unpaired) electrons. The number of hydrogen-bond acceptors (Lipinski definition) is 8. The van der Waals surface area contributed by atoms with Gasteiger partial charge in [0.15, 0.2) is 4.34 Å². The molecule has 1 aliphatic rings. The summed E-state index contributed by atoms with van der Waals surface area (Å²) in [5.74, 6) is -0.318. The summed E-state index contributed by atoms with van der Waals surface area (Å²) in [4.78, 5) is 12.1. The molecular weight excluding hydrogens is 434 g/mol. The first-order valence-corrected chi connectivity index (χ1v) is 10.5. The van der Waals surface area contributed by atoms with Crippen molar-refractivity contribution in [3.8, 4) is 5.75 Å². The molecule has 2 N–H and O–H groups in total. The number of amides is 1. The first kappa shape index (κ1) is 21.0. The Hall–Kier alpha value is -1.69. The zero-order chi connectivity index (χ0) is 19.9. The van der Waals surface area contributed by atoms with Gasteiger partial charge in [-0.15, -0.1) is 10.2 Å². The van der Waals surface area contributed by atoms with Crippen LogP contribution in [0.5, 0.6) is 5.75 Å². The van der Waals surface area contributed by atoms with Gasteiger partial charge in [-0.2, -0.15) is 8.78 Å². The lowest BCUT2D eigenvalue weighted by Gasteiger charge is -2.09. The second kappa shape index (κ2) is 10.2. The predicted octanol–water partition coefficient (Wildman–Crippen LogP) is 4.11. The van der Waals surface area contributed by atoms with E-state index in [1.54, 1.807) is 0 Å². The number of carbonyl (C=O) groups is 1. The van der Waals surface area contributed by atoms with Crippen LogP contribution >= 0.6 is 34.7 Å². The minimum absolute atomic E-state index is 0.0168. The number of thioether (sulfide) groups is 1. The molecule has 0 aliphatic carbocycles. The standard InChI is InChI=1S/C16H17ClF2N4O3S2/c17-11-6-9(3-4-12(11)26-14(18)19)21-13(24)8-27-16-23-22-15(28-16)20-7-10-2-1-5-25-10/h3-4,6,10,14H,1-2,5,7-8H2,(H,20,22)(H,21,24). The van der Waals surface area contributed by atoms with Gasteiger partial charge >= 0.3 is 6.61 Å². The lowest BCUT2D eigenvalue weighted by atomic mass is 10.2. The van der Waals surface area contributed by atoms with E-state index in [1.165, 1.54) is 41.3 Å². The Morgan fingerprint density at radius 3 is 3.04 bits per heavy atom. The first-order chi connectivity index (χ1) is 13.5. The molecule has 2 aromatic rings. The highest BCUT2D eigenvalue weighted by atomic mass is 35.5. The van der Waals surface area contributed by atoms with Crippen LogP contribution in [0, 0.1) is 0 Å². The number of nitrogens with one attached hydrogen (secondary N) is 2. The monoisotopic (exact) mass is 450 g/mol. The summed E-state index contributed by atoms with van der Waals surface area (Å²) >= 11 is 8.47. The second-order valence-electron chi connectivity index (χ2n) is 5.75. The normalized spacial score (nSPS) is 16.4. The fourth-order valence-electron chi connectivity index (χ4n) is 2.44. The highest BCUT2D eigenvalue weighted by Gasteiger charge is 2.16. The number of carbonyl (C=O) groups excluding carboxylic acids is 1. The molecule has 1 aromatic heterocycles. The number of halogens is 3. The van der Waals surface area contributed by atoms with E-state index in [0.717, 1.165) is 19.4 Å². The summed E-state index contributed by atoms with van der Waals surface area (Å²) in [6.45, 7) is -1.48. The summed E-state index contributed by atoms with van der Waals surface area (Å²) in [5, 5.41) is 14.6. The van der Waals surface area contributed by atoms with E-state index >= 15 is 0 Å². The quantitative estimate of drug-likeness (QED) is 0.556. The van der Waals surface area contributed by atoms with Crippen molar-refractivity contribution in [2.45, 2.75) is 29.9 Å². The third-order valence-corrected chi connectivity index (χ3v) is 5.98. The van der Waals surface area contributed by atoms with Crippen LogP contribution in [0.3, 0.4) is 0 Å². The van der Waals surface area contributed by atoms with Crippen molar-refractivity contribution in [1.29, 1.82) is 0 Å². The van der Waals surface area contributed by atoms with E-state index in [4.69, 9.17) is 16.3 Å². The molecule has 1 atom stereocenters. The van der Waals surface area contributed by atoms with E-state index in [1.807, 2.05) is 0 Å². The van der Waals surface area contributed by atoms with Gasteiger partial charge in [-0.25, -0.2) is 0 Å². The SMILES string of the molecule is O=C(CSc1nnc(NCC2CCCO2)s1)Nc1ccc(OC(F)F)c(Cl)c1. The van der Waals surface area contributed by atoms with E-state index in [0.29, 0.717) is 21.7 Å². The molecule has 1 amide bonds. The van der Waals surface area contributed by atoms with Crippen molar-refractivity contribution in [1.82, 2.24) is 10.2 Å². The van der Waals surface area contributed by atoms with Crippen LogP contribution in [0.25, 0.3) is 0 Å². The minimum Gasteiger partial charge on any atom is -0.433 e. The smallest absolute Gasteiger partial charge is 0.387 e. The summed E-state index contributed by atoms with van der Waals surface area (Å²) in [7, 11) is 0. The number of aromatic nitrogens is 2. The van der Waals surface area contributed by atoms with Crippen molar-refractivity contribution < 1.29 is 23.0 Å². The molecule has 1 unspecified atom stereocenters. The molecule has 2 heterocycles. The number of anilines is 2. The van der Waals surface area contributed by atoms with Gasteiger partial charge in [0.1, 0.15) is 5.75 Å². The van der Waals surface area contributed by atoms with Gasteiger partial charge in [-0.3, -0.25) is 4.79 Å². The predicted molar refractivity (Wildman–Crippen MR) is 105 cm³/mol. The summed E-state index contributed by atoms with van der Waals surface area (Å²) in [5.41, 5.74) is 0.383. The zero-order valence-corrected chi connectivity index (χ0v) is 16.9. The Labute approximate surface area is 173 Å². The largest absolute Gasteiger partial charge is 0.433 e. The topological polar surface area (TPSA) is 85.4 Å². The molecule has 1 fully saturated rings. The summed E-state index contributed by atoms with van der Waals surface area (Å²) in [6.07, 6.45) is 2.31. The molecule has 152 valence electrons. The van der Waals surface area contributed by atoms with E-state index < -0.39 is 6.61 Å². The maximum absolute atomic E-state index is 12.2. The van der Waals surface area contributed by atoms with E-state index in [2.05, 4.69) is 25.6 Å². The second-order valence-corrected chi connectivity index (χ2v) is 8.36. The zero-order valence-electron chi connectivity index (χ0n) is 14.5. The fourth-order valence-corrected chi connectivity index (χ4v) is 4.22. The Bertz CT molecular complexity index is 806.